The van der Waals surface area contributed by atoms with Crippen LogP contribution in [0.1, 0.15) is 56.9 Å². The number of nitrogens with one attached hydrogen (secondary N) is 1. The van der Waals surface area contributed by atoms with Gasteiger partial charge in [-0.1, -0.05) is 30.3 Å². The molecule has 5 rings (SSSR count). The van der Waals surface area contributed by atoms with Crippen LogP contribution in [0.5, 0.6) is 0 Å². The Hall–Kier alpha value is -1.59. The van der Waals surface area contributed by atoms with Crippen LogP contribution in [0.4, 0.5) is 4.79 Å². The Morgan fingerprint density at radius 3 is 2.27 bits per heavy atom. The number of urea groups is 1. The molecule has 2 amide bonds. The highest BCUT2D eigenvalue weighted by atomic mass is 16.2. The molecule has 30 heavy (non-hydrogen) atoms. The Morgan fingerprint density at radius 2 is 1.67 bits per heavy atom. The van der Waals surface area contributed by atoms with Crippen LogP contribution in [0.15, 0.2) is 30.3 Å². The van der Waals surface area contributed by atoms with Crippen molar-refractivity contribution in [2.75, 3.05) is 40.3 Å². The zero-order valence-electron chi connectivity index (χ0n) is 18.8. The molecule has 2 saturated heterocycles. The van der Waals surface area contributed by atoms with Crippen molar-refractivity contribution in [3.8, 4) is 0 Å². The first-order chi connectivity index (χ1) is 14.5. The van der Waals surface area contributed by atoms with Crippen molar-refractivity contribution >= 4 is 6.03 Å². The molecule has 1 aromatic carbocycles. The van der Waals surface area contributed by atoms with Gasteiger partial charge in [-0.05, 0) is 90.0 Å². The molecule has 5 nitrogen and oxygen atoms in total. The van der Waals surface area contributed by atoms with E-state index in [2.05, 4.69) is 64.4 Å². The fourth-order valence-electron chi connectivity index (χ4n) is 6.36. The van der Waals surface area contributed by atoms with Crippen molar-refractivity contribution < 1.29 is 4.79 Å². The Balaban J connectivity index is 1.40. The van der Waals surface area contributed by atoms with E-state index in [9.17, 15) is 4.79 Å². The Kier molecular flexibility index (Phi) is 5.30. The minimum atomic E-state index is 0.0405. The zero-order chi connectivity index (χ0) is 20.8. The van der Waals surface area contributed by atoms with Crippen molar-refractivity contribution in [3.63, 3.8) is 0 Å². The number of hydrogen-bond donors (Lipinski definition) is 1. The van der Waals surface area contributed by atoms with Gasteiger partial charge in [-0.25, -0.2) is 4.79 Å². The van der Waals surface area contributed by atoms with Gasteiger partial charge < -0.3 is 15.1 Å². The molecule has 0 bridgehead atoms. The maximum absolute atomic E-state index is 13.6. The molecule has 4 fully saturated rings. The molecule has 1 aromatic rings. The average Bonchev–Trinajstić information content (AvgIpc) is 3.57. The standard InChI is InChI=1S/C25H38N4O/c1-27(2)25(21-6-4-3-5-7-21)14-12-24(13-15-25)19-28(22-10-16-26-17-11-22)23(30)29(24)18-20-8-9-20/h3-7,20,22,26H,8-19H2,1-2H3/t24-,25+. The summed E-state index contributed by atoms with van der Waals surface area (Å²) in [7, 11) is 4.46. The lowest BCUT2D eigenvalue weighted by Gasteiger charge is -2.51. The maximum Gasteiger partial charge on any atom is 0.320 e. The summed E-state index contributed by atoms with van der Waals surface area (Å²) in [6.07, 6.45) is 9.28. The van der Waals surface area contributed by atoms with Crippen molar-refractivity contribution in [3.05, 3.63) is 35.9 Å². The molecular weight excluding hydrogens is 372 g/mol. The lowest BCUT2D eigenvalue weighted by atomic mass is 9.68. The van der Waals surface area contributed by atoms with Crippen LogP contribution in [0.2, 0.25) is 0 Å². The van der Waals surface area contributed by atoms with Gasteiger partial charge in [0.15, 0.2) is 0 Å². The van der Waals surface area contributed by atoms with Gasteiger partial charge in [-0.2, -0.15) is 0 Å². The molecule has 2 aliphatic carbocycles. The van der Waals surface area contributed by atoms with Crippen molar-refractivity contribution in [2.45, 2.75) is 68.5 Å². The minimum Gasteiger partial charge on any atom is -0.319 e. The molecule has 1 N–H and O–H groups in total. The van der Waals surface area contributed by atoms with Crippen LogP contribution in [0.3, 0.4) is 0 Å². The Morgan fingerprint density at radius 1 is 1.00 bits per heavy atom. The van der Waals surface area contributed by atoms with Gasteiger partial charge in [0.25, 0.3) is 0 Å². The molecule has 0 aromatic heterocycles. The summed E-state index contributed by atoms with van der Waals surface area (Å²) in [5.74, 6) is 0.744. The second-order valence-corrected chi connectivity index (χ2v) is 10.5. The summed E-state index contributed by atoms with van der Waals surface area (Å²) < 4.78 is 0. The number of nitrogens with zero attached hydrogens (tertiary/aromatic N) is 3. The summed E-state index contributed by atoms with van der Waals surface area (Å²) in [4.78, 5) is 20.7. The first-order valence-electron chi connectivity index (χ1n) is 12.1. The number of amides is 2. The average molecular weight is 411 g/mol. The van der Waals surface area contributed by atoms with Gasteiger partial charge in [0.05, 0.1) is 5.54 Å². The van der Waals surface area contributed by atoms with Crippen LogP contribution in [0.25, 0.3) is 0 Å². The van der Waals surface area contributed by atoms with Crippen molar-refractivity contribution in [1.29, 1.82) is 0 Å². The second kappa shape index (κ2) is 7.83. The smallest absolute Gasteiger partial charge is 0.319 e. The van der Waals surface area contributed by atoms with Crippen LogP contribution in [-0.4, -0.2) is 72.6 Å². The third kappa shape index (κ3) is 3.44. The van der Waals surface area contributed by atoms with E-state index < -0.39 is 0 Å². The molecule has 1 spiro atoms. The van der Waals surface area contributed by atoms with Gasteiger partial charge in [-0.15, -0.1) is 0 Å². The molecule has 2 saturated carbocycles. The quantitative estimate of drug-likeness (QED) is 0.805. The zero-order valence-corrected chi connectivity index (χ0v) is 18.8. The number of carbonyl (C=O) groups excluding carboxylic acids is 1. The Labute approximate surface area is 181 Å². The normalized spacial score (nSPS) is 33.1. The fourth-order valence-corrected chi connectivity index (χ4v) is 6.36. The predicted octanol–water partition coefficient (Wildman–Crippen LogP) is 3.66. The van der Waals surface area contributed by atoms with E-state index in [1.54, 1.807) is 0 Å². The highest BCUT2D eigenvalue weighted by Gasteiger charge is 2.56. The van der Waals surface area contributed by atoms with E-state index in [0.717, 1.165) is 70.6 Å². The first-order valence-corrected chi connectivity index (χ1v) is 12.1. The molecule has 164 valence electrons. The highest BCUT2D eigenvalue weighted by Crippen LogP contribution is 2.50. The van der Waals surface area contributed by atoms with E-state index >= 15 is 0 Å². The number of carbonyl (C=O) groups is 1. The Bertz CT molecular complexity index is 746. The van der Waals surface area contributed by atoms with E-state index in [4.69, 9.17) is 0 Å². The molecule has 4 aliphatic rings. The van der Waals surface area contributed by atoms with Gasteiger partial charge in [0.2, 0.25) is 0 Å². The number of rotatable bonds is 5. The molecule has 2 heterocycles. The predicted molar refractivity (Wildman–Crippen MR) is 120 cm³/mol. The molecule has 0 unspecified atom stereocenters. The molecule has 5 heteroatoms. The monoisotopic (exact) mass is 410 g/mol. The van der Waals surface area contributed by atoms with Gasteiger partial charge in [-0.3, -0.25) is 4.90 Å². The lowest BCUT2D eigenvalue weighted by Crippen LogP contribution is -2.55. The third-order valence-electron chi connectivity index (χ3n) is 8.58. The van der Waals surface area contributed by atoms with Crippen molar-refractivity contribution in [2.24, 2.45) is 5.92 Å². The number of benzene rings is 1. The molecule has 2 aliphatic heterocycles. The van der Waals surface area contributed by atoms with Gasteiger partial charge >= 0.3 is 6.03 Å². The fraction of sp³-hybridized carbons (Fsp3) is 0.720. The van der Waals surface area contributed by atoms with E-state index in [0.29, 0.717) is 12.1 Å². The third-order valence-corrected chi connectivity index (χ3v) is 8.58. The van der Waals surface area contributed by atoms with E-state index in [1.165, 1.54) is 18.4 Å². The van der Waals surface area contributed by atoms with E-state index in [1.807, 2.05) is 0 Å². The number of hydrogen-bond acceptors (Lipinski definition) is 3. The largest absolute Gasteiger partial charge is 0.320 e. The van der Waals surface area contributed by atoms with Crippen LogP contribution < -0.4 is 5.32 Å². The van der Waals surface area contributed by atoms with Gasteiger partial charge in [0, 0.05) is 24.7 Å². The summed E-state index contributed by atoms with van der Waals surface area (Å²) >= 11 is 0. The van der Waals surface area contributed by atoms with Crippen LogP contribution in [-0.2, 0) is 5.54 Å². The summed E-state index contributed by atoms with van der Waals surface area (Å²) in [6, 6.07) is 11.8. The van der Waals surface area contributed by atoms with Crippen LogP contribution >= 0.6 is 0 Å². The van der Waals surface area contributed by atoms with Crippen molar-refractivity contribution in [1.82, 2.24) is 20.0 Å². The number of piperidine rings is 1. The first kappa shape index (κ1) is 20.3. The second-order valence-electron chi connectivity index (χ2n) is 10.5. The van der Waals surface area contributed by atoms with E-state index in [-0.39, 0.29) is 11.1 Å². The summed E-state index contributed by atoms with van der Waals surface area (Å²) in [5.41, 5.74) is 1.56. The van der Waals surface area contributed by atoms with Gasteiger partial charge in [0.1, 0.15) is 0 Å². The lowest BCUT2D eigenvalue weighted by molar-refractivity contribution is 0.0225. The summed E-state index contributed by atoms with van der Waals surface area (Å²) in [5, 5.41) is 3.46. The SMILES string of the molecule is CN(C)[C@]1(c2ccccc2)CC[C@]2(CC1)CN(C1CCNCC1)C(=O)N2CC1CC1. The van der Waals surface area contributed by atoms with Crippen LogP contribution in [0, 0.1) is 5.92 Å². The molecular formula is C25H38N4O. The summed E-state index contributed by atoms with van der Waals surface area (Å²) in [6.45, 7) is 4.02. The topological polar surface area (TPSA) is 38.8 Å². The molecule has 0 atom stereocenters. The minimum absolute atomic E-state index is 0.0405. The molecule has 0 radical (unpaired) electrons. The highest BCUT2D eigenvalue weighted by molar-refractivity contribution is 5.79. The maximum atomic E-state index is 13.6.